The summed E-state index contributed by atoms with van der Waals surface area (Å²) in [6, 6.07) is 6.44. The molecule has 1 atom stereocenters. The van der Waals surface area contributed by atoms with Crippen LogP contribution in [0.2, 0.25) is 0 Å². The molecule has 1 N–H and O–H groups in total. The average molecular weight is 364 g/mol. The third-order valence-electron chi connectivity index (χ3n) is 3.84. The Morgan fingerprint density at radius 2 is 1.88 bits per heavy atom. The molecular formula is C18H18ClNO5. The van der Waals surface area contributed by atoms with Crippen LogP contribution in [0.25, 0.3) is 0 Å². The molecule has 7 heteroatoms. The van der Waals surface area contributed by atoms with E-state index < -0.39 is 17.9 Å². The van der Waals surface area contributed by atoms with Gasteiger partial charge in [-0.25, -0.2) is 9.59 Å². The minimum absolute atomic E-state index is 0.155. The first kappa shape index (κ1) is 18.7. The van der Waals surface area contributed by atoms with Crippen molar-refractivity contribution in [2.45, 2.75) is 19.8 Å². The van der Waals surface area contributed by atoms with E-state index in [1.807, 2.05) is 0 Å². The summed E-state index contributed by atoms with van der Waals surface area (Å²) < 4.78 is 9.79. The molecule has 6 nitrogen and oxygen atoms in total. The first-order valence-corrected chi connectivity index (χ1v) is 8.00. The standard InChI is InChI=1S/C18H18ClNO5/c1-4-25-18(23)14-10(2)20-16(19)13(9-21)15(14)11-5-7-12(8-6-11)17(22)24-3/h5-9,15,20H,4H2,1-3H3. The minimum Gasteiger partial charge on any atom is -0.465 e. The molecule has 0 bridgehead atoms. The van der Waals surface area contributed by atoms with Gasteiger partial charge in [-0.2, -0.15) is 0 Å². The van der Waals surface area contributed by atoms with E-state index in [-0.39, 0.29) is 17.3 Å². The Balaban J connectivity index is 2.54. The van der Waals surface area contributed by atoms with Crippen LogP contribution in [-0.2, 0) is 19.1 Å². The molecule has 1 aromatic rings. The van der Waals surface area contributed by atoms with Gasteiger partial charge in [0.15, 0.2) is 0 Å². The summed E-state index contributed by atoms with van der Waals surface area (Å²) >= 11 is 6.15. The van der Waals surface area contributed by atoms with Crippen molar-refractivity contribution in [1.82, 2.24) is 5.32 Å². The summed E-state index contributed by atoms with van der Waals surface area (Å²) in [5.74, 6) is -1.69. The van der Waals surface area contributed by atoms with Crippen LogP contribution in [0.3, 0.4) is 0 Å². The lowest BCUT2D eigenvalue weighted by atomic mass is 9.82. The van der Waals surface area contributed by atoms with Crippen molar-refractivity contribution in [2.24, 2.45) is 0 Å². The fourth-order valence-electron chi connectivity index (χ4n) is 2.68. The Labute approximate surface area is 150 Å². The molecule has 0 fully saturated rings. The number of benzene rings is 1. The van der Waals surface area contributed by atoms with Crippen LogP contribution >= 0.6 is 11.6 Å². The molecule has 0 aliphatic carbocycles. The Bertz CT molecular complexity index is 764. The largest absolute Gasteiger partial charge is 0.465 e. The lowest BCUT2D eigenvalue weighted by molar-refractivity contribution is -0.138. The van der Waals surface area contributed by atoms with E-state index >= 15 is 0 Å². The van der Waals surface area contributed by atoms with Crippen molar-refractivity contribution in [3.05, 3.63) is 57.4 Å². The molecule has 0 saturated heterocycles. The van der Waals surface area contributed by atoms with Crippen LogP contribution in [0.1, 0.15) is 35.7 Å². The molecule has 0 radical (unpaired) electrons. The monoisotopic (exact) mass is 363 g/mol. The molecule has 1 heterocycles. The normalized spacial score (nSPS) is 17.0. The zero-order chi connectivity index (χ0) is 18.6. The van der Waals surface area contributed by atoms with E-state index in [1.54, 1.807) is 38.1 Å². The maximum absolute atomic E-state index is 12.4. The van der Waals surface area contributed by atoms with E-state index in [9.17, 15) is 14.4 Å². The van der Waals surface area contributed by atoms with Crippen molar-refractivity contribution in [3.8, 4) is 0 Å². The molecule has 1 unspecified atom stereocenters. The van der Waals surface area contributed by atoms with Crippen LogP contribution in [0, 0.1) is 0 Å². The zero-order valence-corrected chi connectivity index (χ0v) is 14.8. The van der Waals surface area contributed by atoms with Gasteiger partial charge in [-0.15, -0.1) is 0 Å². The van der Waals surface area contributed by atoms with Gasteiger partial charge in [0.05, 0.1) is 24.9 Å². The minimum atomic E-state index is -0.683. The third-order valence-corrected chi connectivity index (χ3v) is 4.15. The number of nitrogens with one attached hydrogen (secondary N) is 1. The number of dihydropyridines is 1. The fraction of sp³-hybridized carbons (Fsp3) is 0.278. The van der Waals surface area contributed by atoms with Crippen LogP contribution in [0.15, 0.2) is 46.3 Å². The number of halogens is 1. The van der Waals surface area contributed by atoms with Gasteiger partial charge in [-0.1, -0.05) is 23.7 Å². The molecule has 25 heavy (non-hydrogen) atoms. The highest BCUT2D eigenvalue weighted by Crippen LogP contribution is 2.38. The number of hydrogen-bond acceptors (Lipinski definition) is 6. The molecule has 132 valence electrons. The van der Waals surface area contributed by atoms with Crippen molar-refractivity contribution >= 4 is 29.8 Å². The number of esters is 2. The van der Waals surface area contributed by atoms with E-state index in [2.05, 4.69) is 10.1 Å². The smallest absolute Gasteiger partial charge is 0.337 e. The summed E-state index contributed by atoms with van der Waals surface area (Å²) in [4.78, 5) is 35.6. The van der Waals surface area contributed by atoms with Crippen molar-refractivity contribution in [1.29, 1.82) is 0 Å². The van der Waals surface area contributed by atoms with Crippen LogP contribution in [-0.4, -0.2) is 31.9 Å². The molecule has 0 saturated carbocycles. The lowest BCUT2D eigenvalue weighted by Crippen LogP contribution is -2.29. The van der Waals surface area contributed by atoms with E-state index in [0.717, 1.165) is 0 Å². The molecule has 0 spiro atoms. The third kappa shape index (κ3) is 3.74. The summed E-state index contributed by atoms with van der Waals surface area (Å²) in [5, 5.41) is 2.98. The fourth-order valence-corrected chi connectivity index (χ4v) is 2.97. The van der Waals surface area contributed by atoms with Crippen LogP contribution in [0.5, 0.6) is 0 Å². The second kappa shape index (κ2) is 7.98. The van der Waals surface area contributed by atoms with Crippen molar-refractivity contribution in [2.75, 3.05) is 13.7 Å². The molecule has 1 aliphatic rings. The molecule has 0 aromatic heterocycles. The Kier molecular flexibility index (Phi) is 5.98. The lowest BCUT2D eigenvalue weighted by Gasteiger charge is -2.28. The number of allylic oxidation sites excluding steroid dienone is 2. The number of carbonyl (C=O) groups excluding carboxylic acids is 3. The Morgan fingerprint density at radius 1 is 1.24 bits per heavy atom. The molecule has 1 aromatic carbocycles. The van der Waals surface area contributed by atoms with Gasteiger partial charge in [0.1, 0.15) is 11.4 Å². The molecule has 2 rings (SSSR count). The average Bonchev–Trinajstić information content (AvgIpc) is 2.60. The summed E-state index contributed by atoms with van der Waals surface area (Å²) in [6.45, 7) is 3.59. The first-order chi connectivity index (χ1) is 11.9. The number of methoxy groups -OCH3 is 1. The topological polar surface area (TPSA) is 81.7 Å². The molecule has 0 amide bonds. The highest BCUT2D eigenvalue weighted by Gasteiger charge is 2.34. The maximum Gasteiger partial charge on any atom is 0.337 e. The van der Waals surface area contributed by atoms with Gasteiger partial charge >= 0.3 is 11.9 Å². The van der Waals surface area contributed by atoms with Gasteiger partial charge in [-0.3, -0.25) is 4.79 Å². The van der Waals surface area contributed by atoms with Crippen molar-refractivity contribution in [3.63, 3.8) is 0 Å². The van der Waals surface area contributed by atoms with Crippen molar-refractivity contribution < 1.29 is 23.9 Å². The number of rotatable bonds is 5. The highest BCUT2D eigenvalue weighted by molar-refractivity contribution is 6.31. The number of carbonyl (C=O) groups is 3. The number of hydrogen-bond donors (Lipinski definition) is 1. The first-order valence-electron chi connectivity index (χ1n) is 7.62. The SMILES string of the molecule is CCOC(=O)C1=C(C)NC(Cl)=C(C=O)C1c1ccc(C(=O)OC)cc1. The van der Waals surface area contributed by atoms with E-state index in [1.165, 1.54) is 7.11 Å². The predicted octanol–water partition coefficient (Wildman–Crippen LogP) is 2.65. The predicted molar refractivity (Wildman–Crippen MR) is 91.9 cm³/mol. The number of aldehydes is 1. The van der Waals surface area contributed by atoms with Gasteiger partial charge in [0, 0.05) is 17.2 Å². The van der Waals surface area contributed by atoms with E-state index in [4.69, 9.17) is 16.3 Å². The quantitative estimate of drug-likeness (QED) is 0.492. The molecular weight excluding hydrogens is 346 g/mol. The van der Waals surface area contributed by atoms with Crippen LogP contribution in [0.4, 0.5) is 0 Å². The van der Waals surface area contributed by atoms with Gasteiger partial charge in [0.25, 0.3) is 0 Å². The Hall–Kier alpha value is -2.60. The molecule has 1 aliphatic heterocycles. The van der Waals surface area contributed by atoms with Gasteiger partial charge < -0.3 is 14.8 Å². The second-order valence-electron chi connectivity index (χ2n) is 5.32. The highest BCUT2D eigenvalue weighted by atomic mass is 35.5. The summed E-state index contributed by atoms with van der Waals surface area (Å²) in [5.41, 5.74) is 2.04. The van der Waals surface area contributed by atoms with Gasteiger partial charge in [-0.05, 0) is 31.5 Å². The zero-order valence-electron chi connectivity index (χ0n) is 14.1. The van der Waals surface area contributed by atoms with Gasteiger partial charge in [0.2, 0.25) is 0 Å². The number of ether oxygens (including phenoxy) is 2. The second-order valence-corrected chi connectivity index (χ2v) is 5.70. The van der Waals surface area contributed by atoms with E-state index in [0.29, 0.717) is 28.7 Å². The summed E-state index contributed by atoms with van der Waals surface area (Å²) in [7, 11) is 1.29. The maximum atomic E-state index is 12.4. The summed E-state index contributed by atoms with van der Waals surface area (Å²) in [6.07, 6.45) is 0.611. The Morgan fingerprint density at radius 3 is 2.40 bits per heavy atom. The van der Waals surface area contributed by atoms with Crippen LogP contribution < -0.4 is 5.32 Å².